The Kier molecular flexibility index (Phi) is 8.90. The SMILES string of the molecule is CC(C)C(C)(CN)NC(=O)c1cc(NC(=O)NC(C)(C)C)ccc1Cl.Cl. The molecule has 0 saturated carbocycles. The van der Waals surface area contributed by atoms with Crippen LogP contribution in [0.4, 0.5) is 10.5 Å². The third kappa shape index (κ3) is 7.02. The summed E-state index contributed by atoms with van der Waals surface area (Å²) in [6.45, 7) is 11.8. The number of anilines is 1. The second kappa shape index (κ2) is 9.44. The van der Waals surface area contributed by atoms with Gasteiger partial charge in [-0.2, -0.15) is 0 Å². The lowest BCUT2D eigenvalue weighted by Crippen LogP contribution is -2.55. The monoisotopic (exact) mass is 404 g/mol. The number of hydrogen-bond donors (Lipinski definition) is 4. The summed E-state index contributed by atoms with van der Waals surface area (Å²) < 4.78 is 0. The van der Waals surface area contributed by atoms with Crippen LogP contribution in [0.1, 0.15) is 51.9 Å². The number of carbonyl (C=O) groups excluding carboxylic acids is 2. The van der Waals surface area contributed by atoms with Crippen LogP contribution in [-0.2, 0) is 0 Å². The zero-order valence-electron chi connectivity index (χ0n) is 16.2. The number of nitrogens with one attached hydrogen (secondary N) is 3. The Labute approximate surface area is 167 Å². The average Bonchev–Trinajstić information content (AvgIpc) is 2.46. The lowest BCUT2D eigenvalue weighted by molar-refractivity contribution is 0.0883. The molecule has 0 radical (unpaired) electrons. The predicted octanol–water partition coefficient (Wildman–Crippen LogP) is 3.79. The maximum atomic E-state index is 12.6. The van der Waals surface area contributed by atoms with Gasteiger partial charge in [-0.3, -0.25) is 4.79 Å². The number of benzene rings is 1. The van der Waals surface area contributed by atoms with Crippen molar-refractivity contribution in [1.82, 2.24) is 10.6 Å². The summed E-state index contributed by atoms with van der Waals surface area (Å²) in [6.07, 6.45) is 0. The highest BCUT2D eigenvalue weighted by Crippen LogP contribution is 2.23. The van der Waals surface area contributed by atoms with E-state index in [9.17, 15) is 9.59 Å². The summed E-state index contributed by atoms with van der Waals surface area (Å²) in [5.74, 6) is -0.175. The van der Waals surface area contributed by atoms with E-state index in [-0.39, 0.29) is 41.4 Å². The third-order valence-corrected chi connectivity index (χ3v) is 4.38. The van der Waals surface area contributed by atoms with Crippen LogP contribution < -0.4 is 21.7 Å². The zero-order valence-corrected chi connectivity index (χ0v) is 17.8. The fraction of sp³-hybridized carbons (Fsp3) is 0.556. The standard InChI is InChI=1S/C18H29ClN4O2.ClH/c1-11(2)18(6,10-20)22-15(24)13-9-12(7-8-14(13)19)21-16(25)23-17(3,4)5;/h7-9,11H,10,20H2,1-6H3,(H,22,24)(H2,21,23,25);1H. The largest absolute Gasteiger partial charge is 0.345 e. The normalized spacial score (nSPS) is 13.4. The summed E-state index contributed by atoms with van der Waals surface area (Å²) in [4.78, 5) is 24.6. The molecule has 1 aromatic rings. The van der Waals surface area contributed by atoms with Crippen molar-refractivity contribution in [3.8, 4) is 0 Å². The van der Waals surface area contributed by atoms with Gasteiger partial charge in [0.05, 0.1) is 16.1 Å². The quantitative estimate of drug-likeness (QED) is 0.600. The summed E-state index contributed by atoms with van der Waals surface area (Å²) in [5, 5.41) is 8.75. The lowest BCUT2D eigenvalue weighted by Gasteiger charge is -2.33. The number of hydrogen-bond acceptors (Lipinski definition) is 3. The zero-order chi connectivity index (χ0) is 19.4. The summed E-state index contributed by atoms with van der Waals surface area (Å²) in [6, 6.07) is 4.43. The molecule has 5 N–H and O–H groups in total. The van der Waals surface area contributed by atoms with E-state index in [1.165, 1.54) is 0 Å². The van der Waals surface area contributed by atoms with Crippen molar-refractivity contribution in [3.05, 3.63) is 28.8 Å². The van der Waals surface area contributed by atoms with Crippen LogP contribution in [0.3, 0.4) is 0 Å². The van der Waals surface area contributed by atoms with E-state index in [1.807, 2.05) is 41.5 Å². The molecule has 148 valence electrons. The molecule has 0 heterocycles. The van der Waals surface area contributed by atoms with Crippen LogP contribution in [0.2, 0.25) is 5.02 Å². The highest BCUT2D eigenvalue weighted by Gasteiger charge is 2.29. The molecule has 0 spiro atoms. The van der Waals surface area contributed by atoms with Gasteiger partial charge in [0, 0.05) is 17.8 Å². The van der Waals surface area contributed by atoms with Crippen LogP contribution in [-0.4, -0.2) is 29.6 Å². The Morgan fingerprint density at radius 2 is 1.73 bits per heavy atom. The first-order valence-corrected chi connectivity index (χ1v) is 8.67. The maximum absolute atomic E-state index is 12.6. The smallest absolute Gasteiger partial charge is 0.319 e. The number of halogens is 2. The number of nitrogens with two attached hydrogens (primary N) is 1. The molecule has 0 saturated heterocycles. The molecule has 0 aliphatic heterocycles. The lowest BCUT2D eigenvalue weighted by atomic mass is 9.88. The molecule has 1 rings (SSSR count). The van der Waals surface area contributed by atoms with E-state index < -0.39 is 5.54 Å². The number of amides is 3. The molecule has 1 unspecified atom stereocenters. The summed E-state index contributed by atoms with van der Waals surface area (Å²) in [5.41, 5.74) is 5.67. The Bertz CT molecular complexity index is 645. The van der Waals surface area contributed by atoms with Gasteiger partial charge in [-0.05, 0) is 51.8 Å². The van der Waals surface area contributed by atoms with E-state index in [0.717, 1.165) is 0 Å². The maximum Gasteiger partial charge on any atom is 0.319 e. The van der Waals surface area contributed by atoms with E-state index in [2.05, 4.69) is 16.0 Å². The minimum absolute atomic E-state index is 0. The molecular formula is C18H30Cl2N4O2. The molecule has 0 aliphatic rings. The summed E-state index contributed by atoms with van der Waals surface area (Å²) in [7, 11) is 0. The first-order valence-electron chi connectivity index (χ1n) is 8.29. The second-order valence-corrected chi connectivity index (χ2v) is 8.16. The van der Waals surface area contributed by atoms with E-state index >= 15 is 0 Å². The van der Waals surface area contributed by atoms with Crippen molar-refractivity contribution in [3.63, 3.8) is 0 Å². The first-order chi connectivity index (χ1) is 11.4. The van der Waals surface area contributed by atoms with Crippen LogP contribution in [0.25, 0.3) is 0 Å². The Hall–Kier alpha value is -1.50. The van der Waals surface area contributed by atoms with Crippen LogP contribution >= 0.6 is 24.0 Å². The third-order valence-electron chi connectivity index (χ3n) is 4.05. The number of carbonyl (C=O) groups is 2. The fourth-order valence-corrected chi connectivity index (χ4v) is 2.24. The van der Waals surface area contributed by atoms with Crippen molar-refractivity contribution in [1.29, 1.82) is 0 Å². The Morgan fingerprint density at radius 3 is 2.19 bits per heavy atom. The molecule has 0 fully saturated rings. The van der Waals surface area contributed by atoms with Crippen molar-refractivity contribution < 1.29 is 9.59 Å². The van der Waals surface area contributed by atoms with Crippen LogP contribution in [0, 0.1) is 5.92 Å². The van der Waals surface area contributed by atoms with Crippen molar-refractivity contribution in [2.45, 2.75) is 52.6 Å². The van der Waals surface area contributed by atoms with Gasteiger partial charge in [0.15, 0.2) is 0 Å². The molecular weight excluding hydrogens is 375 g/mol. The van der Waals surface area contributed by atoms with Crippen molar-refractivity contribution in [2.75, 3.05) is 11.9 Å². The molecule has 8 heteroatoms. The highest BCUT2D eigenvalue weighted by atomic mass is 35.5. The molecule has 0 bridgehead atoms. The van der Waals surface area contributed by atoms with E-state index in [0.29, 0.717) is 17.3 Å². The van der Waals surface area contributed by atoms with Crippen molar-refractivity contribution >= 4 is 41.6 Å². The van der Waals surface area contributed by atoms with Crippen LogP contribution in [0.5, 0.6) is 0 Å². The van der Waals surface area contributed by atoms with E-state index in [4.69, 9.17) is 17.3 Å². The van der Waals surface area contributed by atoms with Crippen molar-refractivity contribution in [2.24, 2.45) is 11.7 Å². The molecule has 0 aromatic heterocycles. The minimum atomic E-state index is -0.548. The van der Waals surface area contributed by atoms with Gasteiger partial charge >= 0.3 is 6.03 Å². The predicted molar refractivity (Wildman–Crippen MR) is 110 cm³/mol. The minimum Gasteiger partial charge on any atom is -0.345 e. The van der Waals surface area contributed by atoms with Gasteiger partial charge < -0.3 is 21.7 Å². The molecule has 3 amide bonds. The van der Waals surface area contributed by atoms with Gasteiger partial charge in [0.2, 0.25) is 0 Å². The van der Waals surface area contributed by atoms with Gasteiger partial charge in [-0.25, -0.2) is 4.79 Å². The summed E-state index contributed by atoms with van der Waals surface area (Å²) >= 11 is 6.17. The molecule has 1 atom stereocenters. The molecule has 6 nitrogen and oxygen atoms in total. The number of urea groups is 1. The average molecular weight is 405 g/mol. The second-order valence-electron chi connectivity index (χ2n) is 7.75. The Morgan fingerprint density at radius 1 is 1.15 bits per heavy atom. The van der Waals surface area contributed by atoms with Crippen LogP contribution in [0.15, 0.2) is 18.2 Å². The van der Waals surface area contributed by atoms with E-state index in [1.54, 1.807) is 18.2 Å². The Balaban J connectivity index is 0.00000625. The number of rotatable bonds is 5. The highest BCUT2D eigenvalue weighted by molar-refractivity contribution is 6.34. The van der Waals surface area contributed by atoms with Gasteiger partial charge in [0.1, 0.15) is 0 Å². The molecule has 1 aromatic carbocycles. The van der Waals surface area contributed by atoms with Gasteiger partial charge in [-0.1, -0.05) is 25.4 Å². The molecule has 0 aliphatic carbocycles. The topological polar surface area (TPSA) is 96.2 Å². The fourth-order valence-electron chi connectivity index (χ4n) is 2.04. The molecule has 26 heavy (non-hydrogen) atoms. The van der Waals surface area contributed by atoms with Gasteiger partial charge in [0.25, 0.3) is 5.91 Å². The first kappa shape index (κ1) is 24.5. The van der Waals surface area contributed by atoms with Gasteiger partial charge in [-0.15, -0.1) is 12.4 Å².